The Labute approximate surface area is 166 Å². The van der Waals surface area contributed by atoms with E-state index in [0.29, 0.717) is 13.1 Å². The van der Waals surface area contributed by atoms with Crippen molar-refractivity contribution in [2.45, 2.75) is 32.1 Å². The molecule has 0 bridgehead atoms. The third-order valence-electron chi connectivity index (χ3n) is 6.19. The number of rotatable bonds is 6. The molecule has 0 unspecified atom stereocenters. The van der Waals surface area contributed by atoms with Crippen molar-refractivity contribution in [2.75, 3.05) is 32.7 Å². The van der Waals surface area contributed by atoms with Crippen LogP contribution >= 0.6 is 0 Å². The molecule has 0 N–H and O–H groups in total. The molecule has 1 atom stereocenters. The number of aryl methyl sites for hydroxylation is 1. The van der Waals surface area contributed by atoms with Gasteiger partial charge in [0.25, 0.3) is 11.7 Å². The van der Waals surface area contributed by atoms with Crippen LogP contribution in [0.4, 0.5) is 0 Å². The van der Waals surface area contributed by atoms with E-state index in [9.17, 15) is 9.59 Å². The molecule has 28 heavy (non-hydrogen) atoms. The molecule has 0 radical (unpaired) electrons. The first-order valence-electron chi connectivity index (χ1n) is 10.3. The number of likely N-dealkylation sites (tertiary alicyclic amines) is 2. The number of amides is 1. The lowest BCUT2D eigenvalue weighted by atomic mass is 9.79. The van der Waals surface area contributed by atoms with E-state index in [1.165, 1.54) is 18.2 Å². The molecule has 1 aromatic carbocycles. The average Bonchev–Trinajstić information content (AvgIpc) is 3.39. The predicted molar refractivity (Wildman–Crippen MR) is 107 cm³/mol. The lowest BCUT2D eigenvalue weighted by molar-refractivity contribution is -0.126. The first kappa shape index (κ1) is 18.9. The number of furan rings is 1. The molecule has 5 nitrogen and oxygen atoms in total. The van der Waals surface area contributed by atoms with E-state index in [4.69, 9.17) is 4.42 Å². The maximum atomic E-state index is 12.6. The number of hydrogen-bond donors (Lipinski definition) is 0. The van der Waals surface area contributed by atoms with Gasteiger partial charge >= 0.3 is 0 Å². The summed E-state index contributed by atoms with van der Waals surface area (Å²) in [6.45, 7) is 4.61. The summed E-state index contributed by atoms with van der Waals surface area (Å²) in [7, 11) is 0. The molecule has 5 heteroatoms. The van der Waals surface area contributed by atoms with Gasteiger partial charge in [-0.05, 0) is 62.9 Å². The summed E-state index contributed by atoms with van der Waals surface area (Å²) in [5, 5.41) is 0. The number of ketones is 1. The smallest absolute Gasteiger partial charge is 0.298 e. The fourth-order valence-electron chi connectivity index (χ4n) is 4.75. The zero-order valence-electron chi connectivity index (χ0n) is 16.3. The molecular formula is C23H28N2O3. The predicted octanol–water partition coefficient (Wildman–Crippen LogP) is 3.41. The van der Waals surface area contributed by atoms with E-state index in [0.717, 1.165) is 45.3 Å². The molecule has 1 aromatic heterocycles. The van der Waals surface area contributed by atoms with Crippen LogP contribution in [0.5, 0.6) is 0 Å². The molecule has 1 amide bonds. The number of benzene rings is 1. The lowest BCUT2D eigenvalue weighted by Crippen LogP contribution is -2.46. The van der Waals surface area contributed by atoms with Crippen LogP contribution in [0.3, 0.4) is 0 Å². The Hall–Kier alpha value is -2.40. The third kappa shape index (κ3) is 4.20. The largest absolute Gasteiger partial charge is 0.461 e. The molecule has 2 fully saturated rings. The van der Waals surface area contributed by atoms with Crippen molar-refractivity contribution < 1.29 is 14.0 Å². The van der Waals surface area contributed by atoms with Gasteiger partial charge in [0, 0.05) is 25.0 Å². The van der Waals surface area contributed by atoms with Gasteiger partial charge in [0.1, 0.15) is 0 Å². The van der Waals surface area contributed by atoms with Gasteiger partial charge < -0.3 is 14.2 Å². The highest BCUT2D eigenvalue weighted by Gasteiger charge is 2.44. The summed E-state index contributed by atoms with van der Waals surface area (Å²) in [6, 6.07) is 13.8. The minimum atomic E-state index is -0.530. The van der Waals surface area contributed by atoms with E-state index in [2.05, 4.69) is 35.2 Å². The van der Waals surface area contributed by atoms with E-state index in [-0.39, 0.29) is 11.2 Å². The Morgan fingerprint density at radius 2 is 1.86 bits per heavy atom. The third-order valence-corrected chi connectivity index (χ3v) is 6.19. The molecule has 0 aliphatic carbocycles. The van der Waals surface area contributed by atoms with Gasteiger partial charge in [-0.3, -0.25) is 9.59 Å². The normalized spacial score (nSPS) is 22.6. The van der Waals surface area contributed by atoms with Crippen molar-refractivity contribution in [3.8, 4) is 0 Å². The minimum Gasteiger partial charge on any atom is -0.461 e. The number of carbonyl (C=O) groups is 2. The highest BCUT2D eigenvalue weighted by atomic mass is 16.3. The van der Waals surface area contributed by atoms with Crippen LogP contribution < -0.4 is 0 Å². The summed E-state index contributed by atoms with van der Waals surface area (Å²) >= 11 is 0. The van der Waals surface area contributed by atoms with Gasteiger partial charge in [-0.25, -0.2) is 0 Å². The van der Waals surface area contributed by atoms with Crippen LogP contribution in [-0.2, 0) is 11.2 Å². The van der Waals surface area contributed by atoms with Crippen molar-refractivity contribution in [3.05, 3.63) is 60.1 Å². The highest BCUT2D eigenvalue weighted by Crippen LogP contribution is 2.39. The highest BCUT2D eigenvalue weighted by molar-refractivity contribution is 6.41. The molecule has 2 saturated heterocycles. The zero-order chi connectivity index (χ0) is 19.4. The average molecular weight is 380 g/mol. The van der Waals surface area contributed by atoms with Crippen LogP contribution in [0, 0.1) is 5.41 Å². The van der Waals surface area contributed by atoms with Crippen LogP contribution in [0.2, 0.25) is 0 Å². The second-order valence-electron chi connectivity index (χ2n) is 8.25. The summed E-state index contributed by atoms with van der Waals surface area (Å²) < 4.78 is 5.11. The maximum Gasteiger partial charge on any atom is 0.298 e. The van der Waals surface area contributed by atoms with E-state index in [1.54, 1.807) is 17.0 Å². The number of hydrogen-bond acceptors (Lipinski definition) is 4. The SMILES string of the molecule is O=C(C(=O)N1CC[C@]2(CCCN(CCCc3ccccc3)C2)C1)c1ccco1. The van der Waals surface area contributed by atoms with Gasteiger partial charge in [0.05, 0.1) is 6.26 Å². The van der Waals surface area contributed by atoms with E-state index < -0.39 is 11.7 Å². The minimum absolute atomic E-state index is 0.136. The van der Waals surface area contributed by atoms with Crippen molar-refractivity contribution in [3.63, 3.8) is 0 Å². The lowest BCUT2D eigenvalue weighted by Gasteiger charge is -2.40. The molecule has 1 spiro atoms. The molecule has 2 aliphatic rings. The van der Waals surface area contributed by atoms with Gasteiger partial charge in [0.15, 0.2) is 5.76 Å². The van der Waals surface area contributed by atoms with Crippen molar-refractivity contribution in [1.29, 1.82) is 0 Å². The fraction of sp³-hybridized carbons (Fsp3) is 0.478. The first-order valence-corrected chi connectivity index (χ1v) is 10.3. The Kier molecular flexibility index (Phi) is 5.62. The number of Topliss-reactive ketones (excluding diaryl/α,β-unsaturated/α-hetero) is 1. The Balaban J connectivity index is 1.30. The second-order valence-corrected chi connectivity index (χ2v) is 8.25. The zero-order valence-corrected chi connectivity index (χ0v) is 16.3. The topological polar surface area (TPSA) is 53.8 Å². The first-order chi connectivity index (χ1) is 13.7. The molecule has 4 rings (SSSR count). The monoisotopic (exact) mass is 380 g/mol. The van der Waals surface area contributed by atoms with E-state index in [1.807, 2.05) is 0 Å². The fourth-order valence-corrected chi connectivity index (χ4v) is 4.75. The van der Waals surface area contributed by atoms with E-state index >= 15 is 0 Å². The molecule has 2 aromatic rings. The van der Waals surface area contributed by atoms with Gasteiger partial charge in [-0.1, -0.05) is 30.3 Å². The quantitative estimate of drug-likeness (QED) is 0.569. The summed E-state index contributed by atoms with van der Waals surface area (Å²) in [5.41, 5.74) is 1.53. The molecule has 2 aliphatic heterocycles. The maximum absolute atomic E-state index is 12.6. The van der Waals surface area contributed by atoms with Crippen molar-refractivity contribution in [2.24, 2.45) is 5.41 Å². The Morgan fingerprint density at radius 1 is 1.00 bits per heavy atom. The van der Waals surface area contributed by atoms with Gasteiger partial charge in [-0.15, -0.1) is 0 Å². The van der Waals surface area contributed by atoms with Crippen LogP contribution in [-0.4, -0.2) is 54.2 Å². The molecule has 148 valence electrons. The number of piperidine rings is 1. The molecule has 0 saturated carbocycles. The number of carbonyl (C=O) groups excluding carboxylic acids is 2. The van der Waals surface area contributed by atoms with Gasteiger partial charge in [-0.2, -0.15) is 0 Å². The van der Waals surface area contributed by atoms with Crippen LogP contribution in [0.25, 0.3) is 0 Å². The summed E-state index contributed by atoms with van der Waals surface area (Å²) in [6.07, 6.45) is 6.98. The van der Waals surface area contributed by atoms with Crippen molar-refractivity contribution in [1.82, 2.24) is 9.80 Å². The second kappa shape index (κ2) is 8.31. The Bertz CT molecular complexity index is 803. The van der Waals surface area contributed by atoms with Gasteiger partial charge in [0.2, 0.25) is 0 Å². The molecule has 3 heterocycles. The summed E-state index contributed by atoms with van der Waals surface area (Å²) in [5.74, 6) is -0.817. The Morgan fingerprint density at radius 3 is 2.64 bits per heavy atom. The standard InChI is InChI=1S/C23H28N2O3/c26-21(20-10-5-16-28-20)22(27)25-15-12-23(18-25)11-6-14-24(17-23)13-4-9-19-7-2-1-3-8-19/h1-3,5,7-8,10,16H,4,6,9,11-15,17-18H2/t23-/m0/s1. The number of nitrogens with zero attached hydrogens (tertiary/aromatic N) is 2. The molecular weight excluding hydrogens is 352 g/mol. The van der Waals surface area contributed by atoms with Crippen molar-refractivity contribution >= 4 is 11.7 Å². The van der Waals surface area contributed by atoms with Crippen LogP contribution in [0.15, 0.2) is 53.1 Å². The summed E-state index contributed by atoms with van der Waals surface area (Å²) in [4.78, 5) is 29.2. The van der Waals surface area contributed by atoms with Crippen LogP contribution in [0.1, 0.15) is 41.8 Å².